The van der Waals surface area contributed by atoms with Gasteiger partial charge >= 0.3 is 5.97 Å². The summed E-state index contributed by atoms with van der Waals surface area (Å²) in [6.07, 6.45) is 0.749. The lowest BCUT2D eigenvalue weighted by Crippen LogP contribution is -2.17. The van der Waals surface area contributed by atoms with Crippen LogP contribution in [-0.4, -0.2) is 42.7 Å². The summed E-state index contributed by atoms with van der Waals surface area (Å²) in [6, 6.07) is 7.23. The van der Waals surface area contributed by atoms with Crippen molar-refractivity contribution in [2.45, 2.75) is 18.6 Å². The van der Waals surface area contributed by atoms with E-state index in [4.69, 9.17) is 5.11 Å². The van der Waals surface area contributed by atoms with Gasteiger partial charge in [0.2, 0.25) is 5.91 Å². The van der Waals surface area contributed by atoms with Gasteiger partial charge in [-0.05, 0) is 30.0 Å². The molecule has 1 saturated heterocycles. The standard InChI is InChI=1S/C15H19NO5S2/c17-14(7-12-4-5-23(20,21)10-12)16-13-3-1-2-11(6-13)8-22-9-15(18)19/h1-3,6,12H,4-5,7-10H2,(H,16,17)(H,18,19). The Morgan fingerprint density at radius 1 is 1.35 bits per heavy atom. The van der Waals surface area contributed by atoms with Crippen molar-refractivity contribution < 1.29 is 23.1 Å². The number of carboxylic acids is 1. The predicted octanol–water partition coefficient (Wildman–Crippen LogP) is 1.77. The summed E-state index contributed by atoms with van der Waals surface area (Å²) < 4.78 is 22.8. The number of rotatable bonds is 7. The Kier molecular flexibility index (Phi) is 6.06. The van der Waals surface area contributed by atoms with Crippen LogP contribution in [0.4, 0.5) is 5.69 Å². The van der Waals surface area contributed by atoms with Crippen molar-refractivity contribution in [3.8, 4) is 0 Å². The first-order valence-corrected chi connectivity index (χ1v) is 10.2. The third kappa shape index (κ3) is 6.23. The number of carboxylic acid groups (broad SMARTS) is 1. The number of aliphatic carboxylic acids is 1. The van der Waals surface area contributed by atoms with Crippen molar-refractivity contribution in [1.82, 2.24) is 0 Å². The number of carbonyl (C=O) groups is 2. The maximum Gasteiger partial charge on any atom is 0.313 e. The normalized spacial score (nSPS) is 19.4. The molecule has 1 fully saturated rings. The van der Waals surface area contributed by atoms with Crippen molar-refractivity contribution in [2.75, 3.05) is 22.6 Å². The van der Waals surface area contributed by atoms with Crippen LogP contribution in [0.5, 0.6) is 0 Å². The molecule has 1 unspecified atom stereocenters. The van der Waals surface area contributed by atoms with Crippen molar-refractivity contribution in [2.24, 2.45) is 5.92 Å². The van der Waals surface area contributed by atoms with E-state index < -0.39 is 15.8 Å². The van der Waals surface area contributed by atoms with Crippen LogP contribution in [0.2, 0.25) is 0 Å². The molecule has 1 atom stereocenters. The third-order valence-corrected chi connectivity index (χ3v) is 6.33. The van der Waals surface area contributed by atoms with Gasteiger partial charge in [0, 0.05) is 17.9 Å². The molecule has 2 rings (SSSR count). The van der Waals surface area contributed by atoms with Gasteiger partial charge in [-0.3, -0.25) is 9.59 Å². The Morgan fingerprint density at radius 2 is 2.13 bits per heavy atom. The number of hydrogen-bond donors (Lipinski definition) is 2. The molecule has 0 saturated carbocycles. The van der Waals surface area contributed by atoms with Gasteiger partial charge in [-0.15, -0.1) is 11.8 Å². The molecule has 1 aromatic rings. The lowest BCUT2D eigenvalue weighted by molar-refractivity contribution is -0.133. The van der Waals surface area contributed by atoms with Crippen LogP contribution in [0.3, 0.4) is 0 Å². The smallest absolute Gasteiger partial charge is 0.313 e. The maximum absolute atomic E-state index is 12.0. The molecule has 0 bridgehead atoms. The highest BCUT2D eigenvalue weighted by atomic mass is 32.2. The van der Waals surface area contributed by atoms with E-state index in [1.807, 2.05) is 6.07 Å². The van der Waals surface area contributed by atoms with Crippen molar-refractivity contribution in [3.05, 3.63) is 29.8 Å². The first kappa shape index (κ1) is 17.8. The summed E-state index contributed by atoms with van der Waals surface area (Å²) in [6.45, 7) is 0. The fraction of sp³-hybridized carbons (Fsp3) is 0.467. The summed E-state index contributed by atoms with van der Waals surface area (Å²) >= 11 is 1.29. The van der Waals surface area contributed by atoms with E-state index in [1.165, 1.54) is 11.8 Å². The lowest BCUT2D eigenvalue weighted by atomic mass is 10.0. The zero-order valence-corrected chi connectivity index (χ0v) is 14.2. The van der Waals surface area contributed by atoms with E-state index in [0.717, 1.165) is 5.56 Å². The summed E-state index contributed by atoms with van der Waals surface area (Å²) in [5.41, 5.74) is 1.57. The molecule has 1 heterocycles. The average Bonchev–Trinajstić information content (AvgIpc) is 2.77. The van der Waals surface area contributed by atoms with Gasteiger partial charge in [0.25, 0.3) is 0 Å². The molecule has 6 nitrogen and oxygen atoms in total. The van der Waals surface area contributed by atoms with E-state index in [-0.39, 0.29) is 35.5 Å². The number of sulfone groups is 1. The van der Waals surface area contributed by atoms with Gasteiger partial charge in [-0.2, -0.15) is 0 Å². The van der Waals surface area contributed by atoms with E-state index in [1.54, 1.807) is 18.2 Å². The molecule has 1 amide bonds. The van der Waals surface area contributed by atoms with Crippen LogP contribution < -0.4 is 5.32 Å². The van der Waals surface area contributed by atoms with Crippen LogP contribution in [0, 0.1) is 5.92 Å². The van der Waals surface area contributed by atoms with E-state index in [0.29, 0.717) is 17.9 Å². The molecule has 23 heavy (non-hydrogen) atoms. The molecule has 0 aromatic heterocycles. The molecule has 2 N–H and O–H groups in total. The molecule has 8 heteroatoms. The Hall–Kier alpha value is -1.54. The highest BCUT2D eigenvalue weighted by Gasteiger charge is 2.29. The minimum absolute atomic E-state index is 0.0345. The highest BCUT2D eigenvalue weighted by Crippen LogP contribution is 2.22. The number of amides is 1. The van der Waals surface area contributed by atoms with Crippen LogP contribution in [-0.2, 0) is 25.2 Å². The van der Waals surface area contributed by atoms with E-state index in [9.17, 15) is 18.0 Å². The lowest BCUT2D eigenvalue weighted by Gasteiger charge is -2.10. The summed E-state index contributed by atoms with van der Waals surface area (Å²) in [4.78, 5) is 22.5. The van der Waals surface area contributed by atoms with Crippen molar-refractivity contribution >= 4 is 39.2 Å². The highest BCUT2D eigenvalue weighted by molar-refractivity contribution is 7.99. The first-order chi connectivity index (χ1) is 10.8. The molecule has 1 aliphatic rings. The number of thioether (sulfide) groups is 1. The zero-order chi connectivity index (χ0) is 16.9. The number of benzene rings is 1. The predicted molar refractivity (Wildman–Crippen MR) is 90.2 cm³/mol. The summed E-state index contributed by atoms with van der Waals surface area (Å²) in [7, 11) is -2.97. The maximum atomic E-state index is 12.0. The van der Waals surface area contributed by atoms with Crippen LogP contribution >= 0.6 is 11.8 Å². The number of carbonyl (C=O) groups excluding carboxylic acids is 1. The quantitative estimate of drug-likeness (QED) is 0.771. The topological polar surface area (TPSA) is 101 Å². The fourth-order valence-corrected chi connectivity index (χ4v) is 5.06. The van der Waals surface area contributed by atoms with Gasteiger partial charge in [0.05, 0.1) is 17.3 Å². The molecule has 0 spiro atoms. The fourth-order valence-electron chi connectivity index (χ4n) is 2.50. The van der Waals surface area contributed by atoms with E-state index in [2.05, 4.69) is 5.32 Å². The minimum atomic E-state index is -2.97. The monoisotopic (exact) mass is 357 g/mol. The second-order valence-electron chi connectivity index (χ2n) is 5.61. The third-order valence-electron chi connectivity index (χ3n) is 3.51. The van der Waals surface area contributed by atoms with E-state index >= 15 is 0 Å². The number of hydrogen-bond acceptors (Lipinski definition) is 5. The first-order valence-electron chi connectivity index (χ1n) is 7.23. The Labute approximate surface area is 139 Å². The summed E-state index contributed by atoms with van der Waals surface area (Å²) in [5.74, 6) is -0.306. The molecular weight excluding hydrogens is 338 g/mol. The zero-order valence-electron chi connectivity index (χ0n) is 12.5. The second kappa shape index (κ2) is 7.83. The minimum Gasteiger partial charge on any atom is -0.481 e. The van der Waals surface area contributed by atoms with Gasteiger partial charge < -0.3 is 10.4 Å². The van der Waals surface area contributed by atoms with Gasteiger partial charge in [-0.25, -0.2) is 8.42 Å². The van der Waals surface area contributed by atoms with Crippen molar-refractivity contribution in [1.29, 1.82) is 0 Å². The molecule has 0 aliphatic carbocycles. The van der Waals surface area contributed by atoms with Crippen LogP contribution in [0.15, 0.2) is 24.3 Å². The summed E-state index contributed by atoms with van der Waals surface area (Å²) in [5, 5.41) is 11.4. The Morgan fingerprint density at radius 3 is 2.78 bits per heavy atom. The molecule has 1 aliphatic heterocycles. The SMILES string of the molecule is O=C(O)CSCc1cccc(NC(=O)CC2CCS(=O)(=O)C2)c1. The molecule has 126 valence electrons. The largest absolute Gasteiger partial charge is 0.481 e. The number of anilines is 1. The molecular formula is C15H19NO5S2. The van der Waals surface area contributed by atoms with Crippen molar-refractivity contribution in [3.63, 3.8) is 0 Å². The second-order valence-corrected chi connectivity index (χ2v) is 8.82. The number of nitrogens with one attached hydrogen (secondary N) is 1. The van der Waals surface area contributed by atoms with Gasteiger partial charge in [0.1, 0.15) is 0 Å². The molecule has 1 aromatic carbocycles. The van der Waals surface area contributed by atoms with Gasteiger partial charge in [0.15, 0.2) is 9.84 Å². The van der Waals surface area contributed by atoms with Gasteiger partial charge in [-0.1, -0.05) is 12.1 Å². The Bertz CT molecular complexity index is 687. The van der Waals surface area contributed by atoms with Crippen LogP contribution in [0.25, 0.3) is 0 Å². The average molecular weight is 357 g/mol. The molecule has 0 radical (unpaired) electrons. The Balaban J connectivity index is 1.85. The van der Waals surface area contributed by atoms with Crippen LogP contribution in [0.1, 0.15) is 18.4 Å².